The normalized spacial score (nSPS) is 10.8. The topological polar surface area (TPSA) is 55.1 Å². The Kier molecular flexibility index (Phi) is 5.37. The van der Waals surface area contributed by atoms with Crippen molar-refractivity contribution in [3.8, 4) is 11.3 Å². The Bertz CT molecular complexity index is 956. The summed E-state index contributed by atoms with van der Waals surface area (Å²) in [6.45, 7) is 4.05. The lowest BCUT2D eigenvalue weighted by Gasteiger charge is -2.05. The van der Waals surface area contributed by atoms with Gasteiger partial charge in [-0.1, -0.05) is 23.9 Å². The van der Waals surface area contributed by atoms with Crippen molar-refractivity contribution in [1.82, 2.24) is 4.98 Å². The van der Waals surface area contributed by atoms with Crippen molar-refractivity contribution in [2.45, 2.75) is 19.1 Å². The number of oxazole rings is 1. The van der Waals surface area contributed by atoms with Gasteiger partial charge in [0.15, 0.2) is 5.76 Å². The molecule has 1 N–H and O–H groups in total. The average Bonchev–Trinajstić information content (AvgIpc) is 3.07. The first-order valence-electron chi connectivity index (χ1n) is 7.83. The Morgan fingerprint density at radius 1 is 1.15 bits per heavy atom. The SMILES string of the molecule is Cc1ccc(-c2cnc(SCC(=O)Nc3ccc(F)cc3F)o2)cc1C. The highest BCUT2D eigenvalue weighted by Crippen LogP contribution is 2.27. The minimum atomic E-state index is -0.823. The van der Waals surface area contributed by atoms with E-state index < -0.39 is 17.5 Å². The molecule has 0 unspecified atom stereocenters. The van der Waals surface area contributed by atoms with E-state index in [4.69, 9.17) is 4.42 Å². The molecule has 0 radical (unpaired) electrons. The number of nitrogens with one attached hydrogen (secondary N) is 1. The maximum atomic E-state index is 13.5. The fourth-order valence-corrected chi connectivity index (χ4v) is 2.86. The van der Waals surface area contributed by atoms with Gasteiger partial charge in [-0.3, -0.25) is 4.79 Å². The number of amides is 1. The Balaban J connectivity index is 1.60. The van der Waals surface area contributed by atoms with Crippen molar-refractivity contribution in [3.63, 3.8) is 0 Å². The van der Waals surface area contributed by atoms with E-state index in [9.17, 15) is 13.6 Å². The summed E-state index contributed by atoms with van der Waals surface area (Å²) in [4.78, 5) is 16.1. The molecule has 0 aliphatic heterocycles. The molecule has 1 heterocycles. The average molecular weight is 374 g/mol. The van der Waals surface area contributed by atoms with Gasteiger partial charge in [0, 0.05) is 11.6 Å². The van der Waals surface area contributed by atoms with Crippen LogP contribution in [0, 0.1) is 25.5 Å². The molecule has 134 valence electrons. The van der Waals surface area contributed by atoms with E-state index in [1.807, 2.05) is 32.0 Å². The lowest BCUT2D eigenvalue weighted by Crippen LogP contribution is -2.15. The first-order valence-corrected chi connectivity index (χ1v) is 8.82. The van der Waals surface area contributed by atoms with Gasteiger partial charge < -0.3 is 9.73 Å². The molecule has 0 aliphatic carbocycles. The zero-order valence-electron chi connectivity index (χ0n) is 14.2. The largest absolute Gasteiger partial charge is 0.431 e. The summed E-state index contributed by atoms with van der Waals surface area (Å²) >= 11 is 1.09. The summed E-state index contributed by atoms with van der Waals surface area (Å²) in [5.41, 5.74) is 3.17. The number of nitrogens with zero attached hydrogens (tertiary/aromatic N) is 1. The van der Waals surface area contributed by atoms with Crippen LogP contribution in [0.3, 0.4) is 0 Å². The van der Waals surface area contributed by atoms with Crippen molar-refractivity contribution < 1.29 is 18.0 Å². The van der Waals surface area contributed by atoms with Crippen LogP contribution in [0.5, 0.6) is 0 Å². The summed E-state index contributed by atoms with van der Waals surface area (Å²) in [5, 5.41) is 2.73. The van der Waals surface area contributed by atoms with E-state index in [1.165, 1.54) is 11.6 Å². The van der Waals surface area contributed by atoms with E-state index in [1.54, 1.807) is 6.20 Å². The number of hydrogen-bond acceptors (Lipinski definition) is 4. The van der Waals surface area contributed by atoms with Crippen LogP contribution >= 0.6 is 11.8 Å². The zero-order valence-corrected chi connectivity index (χ0v) is 15.0. The highest BCUT2D eigenvalue weighted by Gasteiger charge is 2.12. The lowest BCUT2D eigenvalue weighted by atomic mass is 10.1. The van der Waals surface area contributed by atoms with E-state index in [0.29, 0.717) is 17.0 Å². The molecule has 3 rings (SSSR count). The lowest BCUT2D eigenvalue weighted by molar-refractivity contribution is -0.113. The number of thioether (sulfide) groups is 1. The Morgan fingerprint density at radius 2 is 1.96 bits per heavy atom. The van der Waals surface area contributed by atoms with Gasteiger partial charge >= 0.3 is 0 Å². The summed E-state index contributed by atoms with van der Waals surface area (Å²) in [5.74, 6) is -1.36. The smallest absolute Gasteiger partial charge is 0.256 e. The third-order valence-electron chi connectivity index (χ3n) is 3.81. The van der Waals surface area contributed by atoms with E-state index in [0.717, 1.165) is 29.0 Å². The summed E-state index contributed by atoms with van der Waals surface area (Å²) in [6.07, 6.45) is 1.60. The van der Waals surface area contributed by atoms with Gasteiger partial charge in [0.1, 0.15) is 11.6 Å². The van der Waals surface area contributed by atoms with Crippen molar-refractivity contribution >= 4 is 23.4 Å². The summed E-state index contributed by atoms with van der Waals surface area (Å²) in [7, 11) is 0. The molecule has 7 heteroatoms. The van der Waals surface area contributed by atoms with Crippen LogP contribution in [-0.4, -0.2) is 16.6 Å². The standard InChI is InChI=1S/C19H16F2N2O2S/c1-11-3-4-13(7-12(11)2)17-9-22-19(25-17)26-10-18(24)23-16-6-5-14(20)8-15(16)21/h3-9H,10H2,1-2H3,(H,23,24). The number of hydrogen-bond donors (Lipinski definition) is 1. The maximum Gasteiger partial charge on any atom is 0.256 e. The molecule has 1 aromatic heterocycles. The number of rotatable bonds is 5. The number of halogens is 2. The van der Waals surface area contributed by atoms with Gasteiger partial charge in [0.05, 0.1) is 17.6 Å². The maximum absolute atomic E-state index is 13.5. The molecule has 0 atom stereocenters. The van der Waals surface area contributed by atoms with Gasteiger partial charge in [-0.15, -0.1) is 0 Å². The number of anilines is 1. The monoisotopic (exact) mass is 374 g/mol. The second-order valence-corrected chi connectivity index (χ2v) is 6.68. The molecular weight excluding hydrogens is 358 g/mol. The van der Waals surface area contributed by atoms with Crippen LogP contribution in [0.4, 0.5) is 14.5 Å². The van der Waals surface area contributed by atoms with Gasteiger partial charge in [0.2, 0.25) is 5.91 Å². The molecule has 2 aromatic carbocycles. The van der Waals surface area contributed by atoms with Crippen molar-refractivity contribution in [2.75, 3.05) is 11.1 Å². The first-order chi connectivity index (χ1) is 12.4. The molecule has 26 heavy (non-hydrogen) atoms. The molecular formula is C19H16F2N2O2S. The zero-order chi connectivity index (χ0) is 18.7. The Morgan fingerprint density at radius 3 is 2.69 bits per heavy atom. The highest BCUT2D eigenvalue weighted by molar-refractivity contribution is 7.99. The predicted octanol–water partition coefficient (Wildman–Crippen LogP) is 4.97. The van der Waals surface area contributed by atoms with Crippen LogP contribution in [0.15, 0.2) is 52.2 Å². The molecule has 3 aromatic rings. The van der Waals surface area contributed by atoms with Crippen LogP contribution in [0.1, 0.15) is 11.1 Å². The molecule has 0 saturated heterocycles. The quantitative estimate of drug-likeness (QED) is 0.641. The fraction of sp³-hybridized carbons (Fsp3) is 0.158. The molecule has 0 fully saturated rings. The number of carbonyl (C=O) groups excluding carboxylic acids is 1. The molecule has 4 nitrogen and oxygen atoms in total. The van der Waals surface area contributed by atoms with Crippen LogP contribution in [0.2, 0.25) is 0 Å². The molecule has 0 saturated carbocycles. The second kappa shape index (κ2) is 7.70. The van der Waals surface area contributed by atoms with Crippen LogP contribution in [0.25, 0.3) is 11.3 Å². The van der Waals surface area contributed by atoms with Gasteiger partial charge in [-0.25, -0.2) is 13.8 Å². The first kappa shape index (κ1) is 18.1. The van der Waals surface area contributed by atoms with Crippen molar-refractivity contribution in [3.05, 3.63) is 65.4 Å². The van der Waals surface area contributed by atoms with E-state index in [2.05, 4.69) is 10.3 Å². The third-order valence-corrected chi connectivity index (χ3v) is 4.65. The van der Waals surface area contributed by atoms with Crippen molar-refractivity contribution in [2.24, 2.45) is 0 Å². The fourth-order valence-electron chi connectivity index (χ4n) is 2.26. The van der Waals surface area contributed by atoms with Crippen molar-refractivity contribution in [1.29, 1.82) is 0 Å². The van der Waals surface area contributed by atoms with Gasteiger partial charge in [-0.05, 0) is 43.2 Å². The second-order valence-electron chi connectivity index (χ2n) is 5.75. The van der Waals surface area contributed by atoms with E-state index in [-0.39, 0.29) is 11.4 Å². The number of aromatic nitrogens is 1. The molecule has 0 aliphatic rings. The van der Waals surface area contributed by atoms with Crippen LogP contribution < -0.4 is 5.32 Å². The van der Waals surface area contributed by atoms with E-state index >= 15 is 0 Å². The van der Waals surface area contributed by atoms with Gasteiger partial charge in [0.25, 0.3) is 5.22 Å². The number of benzene rings is 2. The molecule has 0 bridgehead atoms. The van der Waals surface area contributed by atoms with Gasteiger partial charge in [-0.2, -0.15) is 0 Å². The number of aryl methyl sites for hydroxylation is 2. The predicted molar refractivity (Wildman–Crippen MR) is 97.1 cm³/mol. The minimum Gasteiger partial charge on any atom is -0.431 e. The summed E-state index contributed by atoms with van der Waals surface area (Å²) in [6, 6.07) is 8.93. The Hall–Kier alpha value is -2.67. The van der Waals surface area contributed by atoms with Crippen LogP contribution in [-0.2, 0) is 4.79 Å². The Labute approximate surface area is 153 Å². The summed E-state index contributed by atoms with van der Waals surface area (Å²) < 4.78 is 32.1. The minimum absolute atomic E-state index is 0.0102. The molecule has 1 amide bonds. The highest BCUT2D eigenvalue weighted by atomic mass is 32.2. The number of carbonyl (C=O) groups is 1. The third kappa shape index (κ3) is 4.29. The molecule has 0 spiro atoms.